The summed E-state index contributed by atoms with van der Waals surface area (Å²) in [4.78, 5) is 10.0. The van der Waals surface area contributed by atoms with E-state index in [9.17, 15) is 10.1 Å². The molecule has 0 aliphatic rings. The maximum absolute atomic E-state index is 10.6. The van der Waals surface area contributed by atoms with Crippen LogP contribution in [-0.2, 0) is 0 Å². The van der Waals surface area contributed by atoms with Crippen LogP contribution in [0.1, 0.15) is 6.92 Å². The van der Waals surface area contributed by atoms with Crippen LogP contribution in [-0.4, -0.2) is 11.0 Å². The molecule has 78 valence electrons. The van der Waals surface area contributed by atoms with Crippen molar-refractivity contribution >= 4 is 17.3 Å². The molecular weight excluding hydrogens is 220 g/mol. The van der Waals surface area contributed by atoms with Gasteiger partial charge in [-0.05, 0) is 13.0 Å². The van der Waals surface area contributed by atoms with Crippen molar-refractivity contribution in [2.45, 2.75) is 13.0 Å². The Hall–Kier alpha value is -1.80. The Morgan fingerprint density at radius 1 is 1.67 bits per heavy atom. The van der Waals surface area contributed by atoms with Crippen LogP contribution >= 0.6 is 11.6 Å². The van der Waals surface area contributed by atoms with E-state index in [1.54, 1.807) is 0 Å². The Bertz CT molecular complexity index is 428. The van der Waals surface area contributed by atoms with Gasteiger partial charge in [-0.3, -0.25) is 10.1 Å². The SMILES string of the molecule is CC(C#N)Oc1cc(Cl)ccc1[N+](=O)[O-]. The molecule has 0 amide bonds. The predicted octanol–water partition coefficient (Wildman–Crippen LogP) is 2.54. The summed E-state index contributed by atoms with van der Waals surface area (Å²) < 4.78 is 5.05. The molecule has 0 aliphatic carbocycles. The van der Waals surface area contributed by atoms with Crippen LogP contribution < -0.4 is 4.74 Å². The molecule has 0 aliphatic heterocycles. The number of benzene rings is 1. The highest BCUT2D eigenvalue weighted by Crippen LogP contribution is 2.30. The standard InChI is InChI=1S/C9H7ClN2O3/c1-6(5-11)15-9-4-7(10)2-3-8(9)12(13)14/h2-4,6H,1H3. The zero-order valence-electron chi connectivity index (χ0n) is 7.81. The van der Waals surface area contributed by atoms with Crippen LogP contribution in [0.15, 0.2) is 18.2 Å². The van der Waals surface area contributed by atoms with E-state index < -0.39 is 11.0 Å². The second kappa shape index (κ2) is 4.62. The van der Waals surface area contributed by atoms with E-state index in [0.717, 1.165) is 0 Å². The minimum Gasteiger partial charge on any atom is -0.469 e. The second-order valence-electron chi connectivity index (χ2n) is 2.76. The minimum absolute atomic E-state index is 0.00144. The van der Waals surface area contributed by atoms with Crippen molar-refractivity contribution in [3.8, 4) is 11.8 Å². The fraction of sp³-hybridized carbons (Fsp3) is 0.222. The van der Waals surface area contributed by atoms with Gasteiger partial charge in [-0.1, -0.05) is 11.6 Å². The molecule has 1 unspecified atom stereocenters. The molecule has 0 saturated carbocycles. The van der Waals surface area contributed by atoms with Gasteiger partial charge < -0.3 is 4.74 Å². The van der Waals surface area contributed by atoms with E-state index in [2.05, 4.69) is 0 Å². The Morgan fingerprint density at radius 3 is 2.87 bits per heavy atom. The van der Waals surface area contributed by atoms with Gasteiger partial charge in [0, 0.05) is 17.2 Å². The number of nitro benzene ring substituents is 1. The third-order valence-corrected chi connectivity index (χ3v) is 1.84. The monoisotopic (exact) mass is 226 g/mol. The summed E-state index contributed by atoms with van der Waals surface area (Å²) in [5.41, 5.74) is -0.207. The molecule has 0 radical (unpaired) electrons. The van der Waals surface area contributed by atoms with Crippen LogP contribution in [0.5, 0.6) is 5.75 Å². The highest BCUT2D eigenvalue weighted by molar-refractivity contribution is 6.30. The lowest BCUT2D eigenvalue weighted by Gasteiger charge is -2.07. The fourth-order valence-electron chi connectivity index (χ4n) is 0.950. The second-order valence-corrected chi connectivity index (χ2v) is 3.19. The van der Waals surface area contributed by atoms with Crippen LogP contribution in [0, 0.1) is 21.4 Å². The van der Waals surface area contributed by atoms with Gasteiger partial charge in [0.05, 0.1) is 4.92 Å². The lowest BCUT2D eigenvalue weighted by molar-refractivity contribution is -0.386. The maximum atomic E-state index is 10.6. The van der Waals surface area contributed by atoms with Gasteiger partial charge in [0.1, 0.15) is 6.07 Å². The summed E-state index contributed by atoms with van der Waals surface area (Å²) in [5, 5.41) is 19.4. The Balaban J connectivity index is 3.08. The van der Waals surface area contributed by atoms with E-state index in [-0.39, 0.29) is 11.4 Å². The molecule has 0 N–H and O–H groups in total. The first-order valence-electron chi connectivity index (χ1n) is 4.05. The largest absolute Gasteiger partial charge is 0.469 e. The molecule has 1 aromatic carbocycles. The van der Waals surface area contributed by atoms with Crippen molar-refractivity contribution < 1.29 is 9.66 Å². The highest BCUT2D eigenvalue weighted by Gasteiger charge is 2.17. The lowest BCUT2D eigenvalue weighted by Crippen LogP contribution is -2.09. The molecule has 15 heavy (non-hydrogen) atoms. The fourth-order valence-corrected chi connectivity index (χ4v) is 1.11. The molecule has 0 saturated heterocycles. The van der Waals surface area contributed by atoms with Gasteiger partial charge in [-0.2, -0.15) is 5.26 Å². The third-order valence-electron chi connectivity index (χ3n) is 1.60. The molecule has 1 aromatic rings. The first-order valence-corrected chi connectivity index (χ1v) is 4.42. The minimum atomic E-state index is -0.762. The molecule has 5 nitrogen and oxygen atoms in total. The van der Waals surface area contributed by atoms with E-state index in [1.807, 2.05) is 6.07 Å². The average molecular weight is 227 g/mol. The van der Waals surface area contributed by atoms with Gasteiger partial charge in [-0.15, -0.1) is 0 Å². The number of nitrogens with zero attached hydrogens (tertiary/aromatic N) is 2. The molecule has 0 spiro atoms. The van der Waals surface area contributed by atoms with E-state index in [4.69, 9.17) is 21.6 Å². The van der Waals surface area contributed by atoms with Gasteiger partial charge >= 0.3 is 5.69 Å². The maximum Gasteiger partial charge on any atom is 0.311 e. The molecule has 6 heteroatoms. The van der Waals surface area contributed by atoms with Gasteiger partial charge in [-0.25, -0.2) is 0 Å². The number of hydrogen-bond donors (Lipinski definition) is 0. The normalized spacial score (nSPS) is 11.5. The quantitative estimate of drug-likeness (QED) is 0.586. The summed E-state index contributed by atoms with van der Waals surface area (Å²) in [6.45, 7) is 1.49. The number of ether oxygens (including phenoxy) is 1. The summed E-state index contributed by atoms with van der Waals surface area (Å²) in [5.74, 6) is 0.00144. The van der Waals surface area contributed by atoms with Crippen LogP contribution in [0.2, 0.25) is 5.02 Å². The zero-order valence-corrected chi connectivity index (χ0v) is 8.56. The number of hydrogen-bond acceptors (Lipinski definition) is 4. The van der Waals surface area contributed by atoms with Gasteiger partial charge in [0.2, 0.25) is 0 Å². The number of halogens is 1. The molecular formula is C9H7ClN2O3. The summed E-state index contributed by atoms with van der Waals surface area (Å²) in [6, 6.07) is 5.75. The van der Waals surface area contributed by atoms with Crippen molar-refractivity contribution in [3.63, 3.8) is 0 Å². The van der Waals surface area contributed by atoms with Crippen molar-refractivity contribution in [2.75, 3.05) is 0 Å². The van der Waals surface area contributed by atoms with Gasteiger partial charge in [0.15, 0.2) is 11.9 Å². The number of nitriles is 1. The predicted molar refractivity (Wildman–Crippen MR) is 53.8 cm³/mol. The number of rotatable bonds is 3. The van der Waals surface area contributed by atoms with E-state index in [0.29, 0.717) is 5.02 Å². The van der Waals surface area contributed by atoms with Crippen molar-refractivity contribution in [1.29, 1.82) is 5.26 Å². The summed E-state index contributed by atoms with van der Waals surface area (Å²) in [7, 11) is 0. The first-order chi connectivity index (χ1) is 7.04. The number of nitro groups is 1. The summed E-state index contributed by atoms with van der Waals surface area (Å²) in [6.07, 6.45) is -0.762. The Morgan fingerprint density at radius 2 is 2.33 bits per heavy atom. The first kappa shape index (κ1) is 11.3. The van der Waals surface area contributed by atoms with Crippen LogP contribution in [0.4, 0.5) is 5.69 Å². The highest BCUT2D eigenvalue weighted by atomic mass is 35.5. The molecule has 0 aromatic heterocycles. The molecule has 0 heterocycles. The van der Waals surface area contributed by atoms with Crippen LogP contribution in [0.3, 0.4) is 0 Å². The molecule has 1 rings (SSSR count). The molecule has 1 atom stereocenters. The topological polar surface area (TPSA) is 76.2 Å². The van der Waals surface area contributed by atoms with Crippen molar-refractivity contribution in [2.24, 2.45) is 0 Å². The van der Waals surface area contributed by atoms with E-state index in [1.165, 1.54) is 25.1 Å². The molecule has 0 bridgehead atoms. The van der Waals surface area contributed by atoms with Crippen LogP contribution in [0.25, 0.3) is 0 Å². The summed E-state index contributed by atoms with van der Waals surface area (Å²) >= 11 is 5.66. The lowest BCUT2D eigenvalue weighted by atomic mass is 10.3. The van der Waals surface area contributed by atoms with Crippen molar-refractivity contribution in [3.05, 3.63) is 33.3 Å². The zero-order chi connectivity index (χ0) is 11.4. The Labute approximate surface area is 91.0 Å². The van der Waals surface area contributed by atoms with Crippen molar-refractivity contribution in [1.82, 2.24) is 0 Å². The smallest absolute Gasteiger partial charge is 0.311 e. The Kier molecular flexibility index (Phi) is 3.47. The third kappa shape index (κ3) is 2.82. The molecule has 0 fully saturated rings. The van der Waals surface area contributed by atoms with Gasteiger partial charge in [0.25, 0.3) is 0 Å². The average Bonchev–Trinajstić information content (AvgIpc) is 2.17. The van der Waals surface area contributed by atoms with E-state index >= 15 is 0 Å².